The molecule has 5 heteroatoms. The van der Waals surface area contributed by atoms with Gasteiger partial charge in [0.15, 0.2) is 0 Å². The number of para-hydroxylation sites is 1. The Morgan fingerprint density at radius 2 is 1.88 bits per heavy atom. The van der Waals surface area contributed by atoms with Crippen molar-refractivity contribution in [3.05, 3.63) is 81.9 Å². The second kappa shape index (κ2) is 6.54. The summed E-state index contributed by atoms with van der Waals surface area (Å²) < 4.78 is 3.01. The first-order valence-electron chi connectivity index (χ1n) is 7.88. The van der Waals surface area contributed by atoms with Gasteiger partial charge in [0.2, 0.25) is 0 Å². The number of anilines is 2. The zero-order valence-corrected chi connectivity index (χ0v) is 15.8. The lowest BCUT2D eigenvalue weighted by atomic mass is 10.1. The Bertz CT molecular complexity index is 1070. The van der Waals surface area contributed by atoms with Crippen molar-refractivity contribution < 1.29 is 0 Å². The summed E-state index contributed by atoms with van der Waals surface area (Å²) in [4.78, 5) is 4.81. The molecule has 124 valence electrons. The molecule has 3 nitrogen and oxygen atoms in total. The van der Waals surface area contributed by atoms with E-state index in [1.807, 2.05) is 47.0 Å². The highest BCUT2D eigenvalue weighted by molar-refractivity contribution is 9.10. The van der Waals surface area contributed by atoms with Crippen LogP contribution in [0.5, 0.6) is 0 Å². The third-order valence-corrected chi connectivity index (χ3v) is 4.80. The summed E-state index contributed by atoms with van der Waals surface area (Å²) in [7, 11) is 0. The van der Waals surface area contributed by atoms with Gasteiger partial charge in [0.1, 0.15) is 17.2 Å². The highest BCUT2D eigenvalue weighted by Gasteiger charge is 2.15. The Morgan fingerprint density at radius 1 is 1.04 bits per heavy atom. The molecule has 1 N–H and O–H groups in total. The van der Waals surface area contributed by atoms with Gasteiger partial charge < -0.3 is 5.32 Å². The fourth-order valence-electron chi connectivity index (χ4n) is 2.82. The van der Waals surface area contributed by atoms with Gasteiger partial charge in [0.05, 0.1) is 5.02 Å². The number of nitrogens with one attached hydrogen (secondary N) is 1. The molecule has 25 heavy (non-hydrogen) atoms. The van der Waals surface area contributed by atoms with E-state index in [0.29, 0.717) is 5.02 Å². The number of hydrogen-bond donors (Lipinski definition) is 1. The number of nitrogens with zero attached hydrogens (tertiary/aromatic N) is 2. The quantitative estimate of drug-likeness (QED) is 0.418. The number of aromatic nitrogens is 2. The number of benzene rings is 2. The standard InChI is InChI=1S/C20H15BrClN3/c1-13-5-2-3-8-17(13)23-20-19(14-6-4-7-15(21)11-14)24-18-10-9-16(22)12-25(18)20/h2-12,23H,1H3. The third kappa shape index (κ3) is 3.15. The molecule has 0 fully saturated rings. The fourth-order valence-corrected chi connectivity index (χ4v) is 3.38. The van der Waals surface area contributed by atoms with Crippen LogP contribution >= 0.6 is 27.5 Å². The lowest BCUT2D eigenvalue weighted by Crippen LogP contribution is -1.98. The van der Waals surface area contributed by atoms with Crippen LogP contribution in [0.25, 0.3) is 16.9 Å². The van der Waals surface area contributed by atoms with Gasteiger partial charge >= 0.3 is 0 Å². The molecule has 2 heterocycles. The maximum atomic E-state index is 6.22. The first-order valence-corrected chi connectivity index (χ1v) is 9.05. The van der Waals surface area contributed by atoms with Crippen molar-refractivity contribution in [1.82, 2.24) is 9.38 Å². The second-order valence-electron chi connectivity index (χ2n) is 5.83. The van der Waals surface area contributed by atoms with E-state index < -0.39 is 0 Å². The molecule has 4 aromatic rings. The van der Waals surface area contributed by atoms with Crippen LogP contribution in [0.4, 0.5) is 11.5 Å². The van der Waals surface area contributed by atoms with Gasteiger partial charge in [-0.05, 0) is 42.8 Å². The van der Waals surface area contributed by atoms with Crippen molar-refractivity contribution in [2.75, 3.05) is 5.32 Å². The molecule has 0 radical (unpaired) electrons. The van der Waals surface area contributed by atoms with Crippen molar-refractivity contribution in [3.8, 4) is 11.3 Å². The Morgan fingerprint density at radius 3 is 2.68 bits per heavy atom. The number of imidazole rings is 1. The lowest BCUT2D eigenvalue weighted by Gasteiger charge is -2.11. The molecule has 0 aliphatic heterocycles. The molecule has 2 aromatic heterocycles. The van der Waals surface area contributed by atoms with Crippen molar-refractivity contribution >= 4 is 44.7 Å². The zero-order chi connectivity index (χ0) is 17.4. The highest BCUT2D eigenvalue weighted by Crippen LogP contribution is 2.33. The SMILES string of the molecule is Cc1ccccc1Nc1c(-c2cccc(Br)c2)nc2ccc(Cl)cn12. The van der Waals surface area contributed by atoms with Crippen molar-refractivity contribution in [1.29, 1.82) is 0 Å². The van der Waals surface area contributed by atoms with Crippen LogP contribution in [0.3, 0.4) is 0 Å². The van der Waals surface area contributed by atoms with Gasteiger partial charge in [-0.3, -0.25) is 4.40 Å². The van der Waals surface area contributed by atoms with E-state index in [1.165, 1.54) is 5.56 Å². The molecular weight excluding hydrogens is 398 g/mol. The highest BCUT2D eigenvalue weighted by atomic mass is 79.9. The third-order valence-electron chi connectivity index (χ3n) is 4.08. The van der Waals surface area contributed by atoms with Crippen LogP contribution in [0.2, 0.25) is 5.02 Å². The van der Waals surface area contributed by atoms with Gasteiger partial charge in [0, 0.05) is 21.9 Å². The average Bonchev–Trinajstić information content (AvgIpc) is 2.95. The Kier molecular flexibility index (Phi) is 4.24. The van der Waals surface area contributed by atoms with Crippen molar-refractivity contribution in [2.24, 2.45) is 0 Å². The monoisotopic (exact) mass is 411 g/mol. The van der Waals surface area contributed by atoms with Gasteiger partial charge in [0.25, 0.3) is 0 Å². The summed E-state index contributed by atoms with van der Waals surface area (Å²) in [6.45, 7) is 2.08. The second-order valence-corrected chi connectivity index (χ2v) is 7.19. The minimum Gasteiger partial charge on any atom is -0.339 e. The average molecular weight is 413 g/mol. The maximum Gasteiger partial charge on any atom is 0.143 e. The van der Waals surface area contributed by atoms with Gasteiger partial charge in [-0.15, -0.1) is 0 Å². The topological polar surface area (TPSA) is 29.3 Å². The molecule has 0 aliphatic rings. The van der Waals surface area contributed by atoms with Crippen molar-refractivity contribution in [2.45, 2.75) is 6.92 Å². The molecular formula is C20H15BrClN3. The predicted octanol–water partition coefficient (Wildman–Crippen LogP) is 6.47. The molecule has 0 bridgehead atoms. The van der Waals surface area contributed by atoms with Gasteiger partial charge in [-0.2, -0.15) is 0 Å². The van der Waals surface area contributed by atoms with E-state index in [1.54, 1.807) is 0 Å². The molecule has 0 saturated heterocycles. The number of rotatable bonds is 3. The minimum absolute atomic E-state index is 0.665. The Hall–Kier alpha value is -2.30. The molecule has 0 amide bonds. The summed E-state index contributed by atoms with van der Waals surface area (Å²) in [5.41, 5.74) is 4.97. The first kappa shape index (κ1) is 16.2. The van der Waals surface area contributed by atoms with E-state index in [2.05, 4.69) is 52.4 Å². The normalized spacial score (nSPS) is 11.0. The smallest absolute Gasteiger partial charge is 0.143 e. The summed E-state index contributed by atoms with van der Waals surface area (Å²) in [5, 5.41) is 4.20. The van der Waals surface area contributed by atoms with Gasteiger partial charge in [-0.25, -0.2) is 4.98 Å². The summed E-state index contributed by atoms with van der Waals surface area (Å²) in [5.74, 6) is 0.893. The van der Waals surface area contributed by atoms with Crippen molar-refractivity contribution in [3.63, 3.8) is 0 Å². The van der Waals surface area contributed by atoms with Crippen LogP contribution < -0.4 is 5.32 Å². The van der Waals surface area contributed by atoms with Crippen LogP contribution in [0, 0.1) is 6.92 Å². The van der Waals surface area contributed by atoms with E-state index in [-0.39, 0.29) is 0 Å². The first-order chi connectivity index (χ1) is 12.1. The van der Waals surface area contributed by atoms with E-state index in [0.717, 1.165) is 32.9 Å². The number of hydrogen-bond acceptors (Lipinski definition) is 2. The van der Waals surface area contributed by atoms with Crippen LogP contribution in [-0.2, 0) is 0 Å². The molecule has 0 aliphatic carbocycles. The van der Waals surface area contributed by atoms with Crippen LogP contribution in [0.15, 0.2) is 71.3 Å². The van der Waals surface area contributed by atoms with E-state index in [9.17, 15) is 0 Å². The number of aryl methyl sites for hydroxylation is 1. The Labute approximate surface area is 159 Å². The number of pyridine rings is 1. The predicted molar refractivity (Wildman–Crippen MR) is 108 cm³/mol. The van der Waals surface area contributed by atoms with Gasteiger partial charge in [-0.1, -0.05) is 57.9 Å². The largest absolute Gasteiger partial charge is 0.339 e. The summed E-state index contributed by atoms with van der Waals surface area (Å²) in [6, 6.07) is 20.1. The molecule has 0 atom stereocenters. The summed E-state index contributed by atoms with van der Waals surface area (Å²) >= 11 is 9.76. The van der Waals surface area contributed by atoms with Crippen LogP contribution in [0.1, 0.15) is 5.56 Å². The molecule has 0 spiro atoms. The van der Waals surface area contributed by atoms with E-state index >= 15 is 0 Å². The lowest BCUT2D eigenvalue weighted by molar-refractivity contribution is 1.18. The maximum absolute atomic E-state index is 6.22. The molecule has 4 rings (SSSR count). The Balaban J connectivity index is 1.94. The van der Waals surface area contributed by atoms with E-state index in [4.69, 9.17) is 16.6 Å². The van der Waals surface area contributed by atoms with Crippen LogP contribution in [-0.4, -0.2) is 9.38 Å². The number of halogens is 2. The summed E-state index contributed by atoms with van der Waals surface area (Å²) in [6.07, 6.45) is 1.88. The fraction of sp³-hybridized carbons (Fsp3) is 0.0500. The minimum atomic E-state index is 0.665. The molecule has 0 saturated carbocycles. The molecule has 2 aromatic carbocycles. The number of fused-ring (bicyclic) bond motifs is 1. The molecule has 0 unspecified atom stereocenters. The zero-order valence-electron chi connectivity index (χ0n) is 13.5.